The zero-order chi connectivity index (χ0) is 24.6. The monoisotopic (exact) mass is 523 g/mol. The fraction of sp³-hybridized carbons (Fsp3) is 0.417. The maximum atomic E-state index is 12.9. The van der Waals surface area contributed by atoms with Crippen LogP contribution in [0, 0.1) is 0 Å². The average Bonchev–Trinajstić information content (AvgIpc) is 3.32. The van der Waals surface area contributed by atoms with E-state index < -0.39 is 16.1 Å². The van der Waals surface area contributed by atoms with Crippen molar-refractivity contribution in [1.29, 1.82) is 0 Å². The molecule has 0 radical (unpaired) electrons. The molecule has 3 rings (SSSR count). The van der Waals surface area contributed by atoms with Crippen molar-refractivity contribution in [1.82, 2.24) is 24.8 Å². The summed E-state index contributed by atoms with van der Waals surface area (Å²) in [6, 6.07) is 14.6. The van der Waals surface area contributed by atoms with Crippen LogP contribution in [0.2, 0.25) is 10.0 Å². The van der Waals surface area contributed by atoms with E-state index in [1.807, 2.05) is 30.3 Å². The van der Waals surface area contributed by atoms with Crippen molar-refractivity contribution < 1.29 is 8.42 Å². The van der Waals surface area contributed by atoms with E-state index in [9.17, 15) is 8.42 Å². The Balaban J connectivity index is 1.78. The van der Waals surface area contributed by atoms with Gasteiger partial charge >= 0.3 is 0 Å². The molecule has 0 aliphatic rings. The summed E-state index contributed by atoms with van der Waals surface area (Å²) >= 11 is 12.5. The molecule has 1 heterocycles. The van der Waals surface area contributed by atoms with Gasteiger partial charge in [-0.25, -0.2) is 18.1 Å². The van der Waals surface area contributed by atoms with Crippen LogP contribution in [0.25, 0.3) is 11.4 Å². The molecular formula is C24H31Cl2N5O2S. The van der Waals surface area contributed by atoms with Crippen LogP contribution in [-0.2, 0) is 16.4 Å². The maximum absolute atomic E-state index is 12.9. The number of H-pyrrole nitrogens is 1. The SMILES string of the molecule is CCN(CC)CCCS(=O)(=O)N[C@H](CCc1ccccc1)c1nc(-c2cccc(Cl)c2Cl)n[nH]1. The normalized spacial score (nSPS) is 12.9. The van der Waals surface area contributed by atoms with Crippen LogP contribution >= 0.6 is 23.2 Å². The molecule has 0 spiro atoms. The summed E-state index contributed by atoms with van der Waals surface area (Å²) in [7, 11) is -3.53. The van der Waals surface area contributed by atoms with Crippen LogP contribution in [0.1, 0.15) is 44.1 Å². The predicted octanol–water partition coefficient (Wildman–Crippen LogP) is 5.10. The lowest BCUT2D eigenvalue weighted by atomic mass is 10.1. The van der Waals surface area contributed by atoms with E-state index in [1.165, 1.54) is 0 Å². The van der Waals surface area contributed by atoms with Gasteiger partial charge in [0.2, 0.25) is 10.0 Å². The molecule has 2 aromatic carbocycles. The quantitative estimate of drug-likeness (QED) is 0.325. The summed E-state index contributed by atoms with van der Waals surface area (Å²) in [5.74, 6) is 0.856. The number of hydrogen-bond acceptors (Lipinski definition) is 5. The molecule has 10 heteroatoms. The summed E-state index contributed by atoms with van der Waals surface area (Å²) in [5, 5.41) is 7.94. The molecule has 0 aliphatic heterocycles. The number of sulfonamides is 1. The fourth-order valence-electron chi connectivity index (χ4n) is 3.73. The first kappa shape index (κ1) is 26.6. The van der Waals surface area contributed by atoms with Crippen molar-refractivity contribution in [3.8, 4) is 11.4 Å². The highest BCUT2D eigenvalue weighted by Crippen LogP contribution is 2.32. The lowest BCUT2D eigenvalue weighted by Crippen LogP contribution is -2.33. The number of benzene rings is 2. The van der Waals surface area contributed by atoms with Crippen molar-refractivity contribution in [2.75, 3.05) is 25.4 Å². The lowest BCUT2D eigenvalue weighted by Gasteiger charge is -2.19. The summed E-state index contributed by atoms with van der Waals surface area (Å²) in [6.07, 6.45) is 1.76. The standard InChI is InChI=1S/C24H31Cl2N5O2S/c1-3-31(4-2)16-9-17-34(32,33)30-21(15-14-18-10-6-5-7-11-18)24-27-23(28-29-24)19-12-8-13-20(25)22(19)26/h5-8,10-13,21,30H,3-4,9,14-17H2,1-2H3,(H,27,28,29)/t21-/m1/s1. The minimum atomic E-state index is -3.53. The third-order valence-electron chi connectivity index (χ3n) is 5.69. The fourth-order valence-corrected chi connectivity index (χ4v) is 5.40. The predicted molar refractivity (Wildman–Crippen MR) is 139 cm³/mol. The van der Waals surface area contributed by atoms with Gasteiger partial charge in [0.05, 0.1) is 21.8 Å². The van der Waals surface area contributed by atoms with Gasteiger partial charge in [-0.1, -0.05) is 73.4 Å². The zero-order valence-electron chi connectivity index (χ0n) is 19.5. The first-order valence-corrected chi connectivity index (χ1v) is 13.9. The zero-order valence-corrected chi connectivity index (χ0v) is 21.8. The topological polar surface area (TPSA) is 91.0 Å². The molecule has 0 saturated carbocycles. The van der Waals surface area contributed by atoms with Crippen LogP contribution in [-0.4, -0.2) is 53.9 Å². The van der Waals surface area contributed by atoms with E-state index >= 15 is 0 Å². The molecule has 2 N–H and O–H groups in total. The molecule has 0 aliphatic carbocycles. The van der Waals surface area contributed by atoms with E-state index in [0.717, 1.165) is 25.2 Å². The molecule has 0 unspecified atom stereocenters. The number of aryl methyl sites for hydroxylation is 1. The van der Waals surface area contributed by atoms with E-state index in [2.05, 4.69) is 38.7 Å². The maximum Gasteiger partial charge on any atom is 0.212 e. The second-order valence-corrected chi connectivity index (χ2v) is 10.7. The number of halogens is 2. The molecule has 3 aromatic rings. The number of aromatic nitrogens is 3. The van der Waals surface area contributed by atoms with Gasteiger partial charge in [0.1, 0.15) is 5.82 Å². The van der Waals surface area contributed by atoms with E-state index in [-0.39, 0.29) is 5.75 Å². The molecule has 0 saturated heterocycles. The van der Waals surface area contributed by atoms with Gasteiger partial charge in [0.25, 0.3) is 0 Å². The number of rotatable bonds is 13. The van der Waals surface area contributed by atoms with Crippen LogP contribution in [0.3, 0.4) is 0 Å². The number of nitrogens with one attached hydrogen (secondary N) is 2. The van der Waals surface area contributed by atoms with Gasteiger partial charge in [-0.3, -0.25) is 5.10 Å². The Hall–Kier alpha value is -1.97. The Bertz CT molecular complexity index is 1150. The Morgan fingerprint density at radius 1 is 1.06 bits per heavy atom. The summed E-state index contributed by atoms with van der Waals surface area (Å²) < 4.78 is 28.7. The molecule has 0 amide bonds. The first-order valence-electron chi connectivity index (χ1n) is 11.5. The second-order valence-electron chi connectivity index (χ2n) is 8.04. The minimum absolute atomic E-state index is 0.0481. The third-order valence-corrected chi connectivity index (χ3v) is 7.98. The highest BCUT2D eigenvalue weighted by atomic mass is 35.5. The molecule has 34 heavy (non-hydrogen) atoms. The van der Waals surface area contributed by atoms with Crippen molar-refractivity contribution >= 4 is 33.2 Å². The van der Waals surface area contributed by atoms with Crippen molar-refractivity contribution in [3.63, 3.8) is 0 Å². The molecule has 0 fully saturated rings. The summed E-state index contributed by atoms with van der Waals surface area (Å²) in [4.78, 5) is 6.78. The Labute approximate surface area is 211 Å². The molecule has 1 aromatic heterocycles. The third kappa shape index (κ3) is 7.52. The molecule has 0 bridgehead atoms. The van der Waals surface area contributed by atoms with Gasteiger partial charge in [-0.05, 0) is 56.6 Å². The Kier molecular flexibility index (Phi) is 9.91. The lowest BCUT2D eigenvalue weighted by molar-refractivity contribution is 0.304. The van der Waals surface area contributed by atoms with E-state index in [0.29, 0.717) is 46.5 Å². The Morgan fingerprint density at radius 2 is 1.79 bits per heavy atom. The largest absolute Gasteiger partial charge is 0.304 e. The number of aromatic amines is 1. The van der Waals surface area contributed by atoms with E-state index in [4.69, 9.17) is 23.2 Å². The average molecular weight is 525 g/mol. The first-order chi connectivity index (χ1) is 16.3. The molecule has 184 valence electrons. The van der Waals surface area contributed by atoms with Crippen molar-refractivity contribution in [3.05, 3.63) is 70.0 Å². The smallest absolute Gasteiger partial charge is 0.212 e. The van der Waals surface area contributed by atoms with Crippen LogP contribution < -0.4 is 4.72 Å². The molecular weight excluding hydrogens is 493 g/mol. The highest BCUT2D eigenvalue weighted by molar-refractivity contribution is 7.89. The van der Waals surface area contributed by atoms with Gasteiger partial charge in [0, 0.05) is 5.56 Å². The highest BCUT2D eigenvalue weighted by Gasteiger charge is 2.24. The Morgan fingerprint density at radius 3 is 2.50 bits per heavy atom. The van der Waals surface area contributed by atoms with Gasteiger partial charge in [-0.2, -0.15) is 5.10 Å². The number of hydrogen-bond donors (Lipinski definition) is 2. The van der Waals surface area contributed by atoms with Crippen LogP contribution in [0.4, 0.5) is 0 Å². The van der Waals surface area contributed by atoms with Crippen molar-refractivity contribution in [2.45, 2.75) is 39.2 Å². The van der Waals surface area contributed by atoms with Gasteiger partial charge in [0.15, 0.2) is 5.82 Å². The summed E-state index contributed by atoms with van der Waals surface area (Å²) in [5.41, 5.74) is 1.70. The number of nitrogens with zero attached hydrogens (tertiary/aromatic N) is 3. The minimum Gasteiger partial charge on any atom is -0.304 e. The van der Waals surface area contributed by atoms with Crippen molar-refractivity contribution in [2.24, 2.45) is 0 Å². The van der Waals surface area contributed by atoms with Gasteiger partial charge < -0.3 is 4.90 Å². The van der Waals surface area contributed by atoms with Crippen LogP contribution in [0.15, 0.2) is 48.5 Å². The molecule has 7 nitrogen and oxygen atoms in total. The van der Waals surface area contributed by atoms with Gasteiger partial charge in [-0.15, -0.1) is 0 Å². The molecule has 1 atom stereocenters. The van der Waals surface area contributed by atoms with Crippen LogP contribution in [0.5, 0.6) is 0 Å². The summed E-state index contributed by atoms with van der Waals surface area (Å²) in [6.45, 7) is 6.68. The van der Waals surface area contributed by atoms with E-state index in [1.54, 1.807) is 18.2 Å². The second kappa shape index (κ2) is 12.7.